The predicted octanol–water partition coefficient (Wildman–Crippen LogP) is 7.80. The molecule has 0 rings (SSSR count). The molecule has 0 spiro atoms. The first-order chi connectivity index (χ1) is 11.6. The minimum Gasteiger partial charge on any atom is -0.315 e. The minimum atomic E-state index is -0.273. The van der Waals surface area contributed by atoms with Crippen molar-refractivity contribution >= 4 is 12.4 Å². The summed E-state index contributed by atoms with van der Waals surface area (Å²) in [5.74, 6) is 6.04. The van der Waals surface area contributed by atoms with Crippen LogP contribution in [-0.2, 0) is 0 Å². The maximum absolute atomic E-state index is 6.11. The number of hydrogen-bond donors (Lipinski definition) is 1. The molecule has 2 N–H and O–H groups in total. The Bertz CT molecular complexity index is 314. The fraction of sp³-hybridized carbons (Fsp3) is 0.913. The molecule has 0 aromatic heterocycles. The fourth-order valence-electron chi connectivity index (χ4n) is 3.39. The van der Waals surface area contributed by atoms with E-state index >= 15 is 0 Å². The molecule has 1 nitrogen and oxygen atoms in total. The van der Waals surface area contributed by atoms with Crippen molar-refractivity contribution in [3.05, 3.63) is 0 Å². The zero-order chi connectivity index (χ0) is 17.9. The van der Waals surface area contributed by atoms with Gasteiger partial charge in [0, 0.05) is 0 Å². The predicted molar refractivity (Wildman–Crippen MR) is 117 cm³/mol. The highest BCUT2D eigenvalue weighted by atomic mass is 35.5. The lowest BCUT2D eigenvalue weighted by Gasteiger charge is -2.17. The largest absolute Gasteiger partial charge is 0.315 e. The van der Waals surface area contributed by atoms with Gasteiger partial charge in [0.25, 0.3) is 0 Å². The van der Waals surface area contributed by atoms with Gasteiger partial charge in [-0.05, 0) is 20.3 Å². The van der Waals surface area contributed by atoms with Gasteiger partial charge in [-0.25, -0.2) is 0 Å². The Labute approximate surface area is 165 Å². The maximum Gasteiger partial charge on any atom is 0.0747 e. The van der Waals surface area contributed by atoms with E-state index in [0.29, 0.717) is 0 Å². The first-order valence-electron chi connectivity index (χ1n) is 10.8. The second-order valence-electron chi connectivity index (χ2n) is 7.85. The van der Waals surface area contributed by atoms with E-state index in [0.717, 1.165) is 6.42 Å². The molecule has 0 aliphatic heterocycles. The van der Waals surface area contributed by atoms with Crippen molar-refractivity contribution in [2.75, 3.05) is 0 Å². The lowest BCUT2D eigenvalue weighted by molar-refractivity contribution is 0.488. The van der Waals surface area contributed by atoms with Gasteiger partial charge in [0.05, 0.1) is 5.54 Å². The highest BCUT2D eigenvalue weighted by Gasteiger charge is 2.13. The zero-order valence-electron chi connectivity index (χ0n) is 17.5. The summed E-state index contributed by atoms with van der Waals surface area (Å²) >= 11 is 0. The fourth-order valence-corrected chi connectivity index (χ4v) is 3.39. The van der Waals surface area contributed by atoms with E-state index in [9.17, 15) is 0 Å². The molecule has 25 heavy (non-hydrogen) atoms. The van der Waals surface area contributed by atoms with Crippen LogP contribution in [0.25, 0.3) is 0 Å². The molecule has 0 aromatic carbocycles. The van der Waals surface area contributed by atoms with Gasteiger partial charge < -0.3 is 5.73 Å². The van der Waals surface area contributed by atoms with Crippen molar-refractivity contribution in [3.8, 4) is 11.8 Å². The van der Waals surface area contributed by atoms with Crippen LogP contribution in [0.15, 0.2) is 0 Å². The Kier molecular flexibility index (Phi) is 21.8. The molecule has 0 fully saturated rings. The summed E-state index contributed by atoms with van der Waals surface area (Å²) in [5.41, 5.74) is 5.84. The summed E-state index contributed by atoms with van der Waals surface area (Å²) in [5, 5.41) is 0. The average Bonchev–Trinajstić information content (AvgIpc) is 2.54. The Morgan fingerprint density at radius 2 is 0.960 bits per heavy atom. The normalized spacial score (nSPS) is 12.8. The highest BCUT2D eigenvalue weighted by Crippen LogP contribution is 2.15. The number of hydrogen-bond acceptors (Lipinski definition) is 1. The second-order valence-corrected chi connectivity index (χ2v) is 7.85. The van der Waals surface area contributed by atoms with Gasteiger partial charge >= 0.3 is 0 Å². The number of halogens is 1. The summed E-state index contributed by atoms with van der Waals surface area (Å²) in [6.45, 7) is 6.21. The minimum absolute atomic E-state index is 0. The summed E-state index contributed by atoms with van der Waals surface area (Å²) in [7, 11) is 0. The molecule has 2 heteroatoms. The lowest BCUT2D eigenvalue weighted by atomic mass is 9.95. The Morgan fingerprint density at radius 3 is 1.28 bits per heavy atom. The zero-order valence-corrected chi connectivity index (χ0v) is 18.3. The molecule has 0 aliphatic rings. The third-order valence-electron chi connectivity index (χ3n) is 4.96. The van der Waals surface area contributed by atoms with Crippen LogP contribution in [-0.4, -0.2) is 5.54 Å². The van der Waals surface area contributed by atoms with Crippen LogP contribution in [0.3, 0.4) is 0 Å². The molecule has 1 atom stereocenters. The van der Waals surface area contributed by atoms with E-state index in [-0.39, 0.29) is 17.9 Å². The van der Waals surface area contributed by atoms with Gasteiger partial charge in [-0.1, -0.05) is 116 Å². The quantitative estimate of drug-likeness (QED) is 0.205. The van der Waals surface area contributed by atoms with Gasteiger partial charge in [-0.2, -0.15) is 0 Å². The van der Waals surface area contributed by atoms with Crippen LogP contribution in [0.4, 0.5) is 0 Å². The lowest BCUT2D eigenvalue weighted by Crippen LogP contribution is -2.33. The summed E-state index contributed by atoms with van der Waals surface area (Å²) < 4.78 is 0. The van der Waals surface area contributed by atoms with Crippen molar-refractivity contribution < 1.29 is 0 Å². The van der Waals surface area contributed by atoms with Gasteiger partial charge in [-0.3, -0.25) is 0 Å². The Hall–Kier alpha value is -0.190. The van der Waals surface area contributed by atoms with Crippen molar-refractivity contribution in [1.29, 1.82) is 0 Å². The topological polar surface area (TPSA) is 26.0 Å². The monoisotopic (exact) mass is 371 g/mol. The smallest absolute Gasteiger partial charge is 0.0747 e. The summed E-state index contributed by atoms with van der Waals surface area (Å²) in [6.07, 6.45) is 23.7. The standard InChI is InChI=1S/C23H45N.ClH/c1-4-6-7-8-9-10-11-12-13-14-15-16-17-18-19-20-22-23(3,24)21-5-2;/h4,6-20,22,24H2,1-3H3;1H. The molecule has 1 unspecified atom stereocenters. The molecule has 0 bridgehead atoms. The van der Waals surface area contributed by atoms with Crippen molar-refractivity contribution in [3.63, 3.8) is 0 Å². The molecule has 0 amide bonds. The van der Waals surface area contributed by atoms with Crippen LogP contribution >= 0.6 is 12.4 Å². The third-order valence-corrected chi connectivity index (χ3v) is 4.96. The van der Waals surface area contributed by atoms with E-state index in [1.165, 1.54) is 103 Å². The van der Waals surface area contributed by atoms with Gasteiger partial charge in [-0.15, -0.1) is 18.3 Å². The molecule has 0 saturated carbocycles. The van der Waals surface area contributed by atoms with Crippen molar-refractivity contribution in [2.24, 2.45) is 5.73 Å². The van der Waals surface area contributed by atoms with E-state index in [2.05, 4.69) is 25.7 Å². The first kappa shape index (κ1) is 27.0. The Morgan fingerprint density at radius 1 is 0.640 bits per heavy atom. The van der Waals surface area contributed by atoms with Crippen molar-refractivity contribution in [1.82, 2.24) is 0 Å². The second kappa shape index (κ2) is 20.1. The molecule has 0 aliphatic carbocycles. The van der Waals surface area contributed by atoms with Gasteiger partial charge in [0.15, 0.2) is 0 Å². The maximum atomic E-state index is 6.11. The molecular formula is C23H46ClN. The van der Waals surface area contributed by atoms with Crippen LogP contribution in [0.5, 0.6) is 0 Å². The van der Waals surface area contributed by atoms with E-state index in [1.807, 2.05) is 6.92 Å². The number of nitrogens with two attached hydrogens (primary N) is 1. The Balaban J connectivity index is 0. The molecule has 150 valence electrons. The van der Waals surface area contributed by atoms with Crippen LogP contribution in [0.2, 0.25) is 0 Å². The SMILES string of the molecule is CC#CC(C)(N)CCCCCCCCCCCCCCCCCC.Cl. The average molecular weight is 372 g/mol. The van der Waals surface area contributed by atoms with Gasteiger partial charge in [0.2, 0.25) is 0 Å². The van der Waals surface area contributed by atoms with E-state index in [1.54, 1.807) is 0 Å². The van der Waals surface area contributed by atoms with Crippen LogP contribution < -0.4 is 5.73 Å². The van der Waals surface area contributed by atoms with Crippen LogP contribution in [0, 0.1) is 11.8 Å². The van der Waals surface area contributed by atoms with Crippen LogP contribution in [0.1, 0.15) is 130 Å². The molecule has 0 aromatic rings. The van der Waals surface area contributed by atoms with Crippen molar-refractivity contribution in [2.45, 2.75) is 135 Å². The molecular weight excluding hydrogens is 326 g/mol. The number of unbranched alkanes of at least 4 members (excludes halogenated alkanes) is 15. The first-order valence-corrected chi connectivity index (χ1v) is 10.8. The molecule has 0 heterocycles. The molecule has 0 saturated heterocycles. The highest BCUT2D eigenvalue weighted by molar-refractivity contribution is 5.85. The summed E-state index contributed by atoms with van der Waals surface area (Å²) in [6, 6.07) is 0. The summed E-state index contributed by atoms with van der Waals surface area (Å²) in [4.78, 5) is 0. The molecule has 0 radical (unpaired) electrons. The van der Waals surface area contributed by atoms with Gasteiger partial charge in [0.1, 0.15) is 0 Å². The van der Waals surface area contributed by atoms with E-state index in [4.69, 9.17) is 5.73 Å². The number of rotatable bonds is 17. The third kappa shape index (κ3) is 21.8. The van der Waals surface area contributed by atoms with E-state index < -0.39 is 0 Å².